The van der Waals surface area contributed by atoms with Gasteiger partial charge in [-0.15, -0.1) is 0 Å². The lowest BCUT2D eigenvalue weighted by atomic mass is 10.1. The minimum Gasteiger partial charge on any atom is -1.00 e. The van der Waals surface area contributed by atoms with Crippen LogP contribution in [0.25, 0.3) is 0 Å². The lowest BCUT2D eigenvalue weighted by molar-refractivity contribution is -0.894. The summed E-state index contributed by atoms with van der Waals surface area (Å²) in [4.78, 5) is 28.5. The normalized spacial score (nSPS) is 21.4. The summed E-state index contributed by atoms with van der Waals surface area (Å²) in [6, 6.07) is 0. The largest absolute Gasteiger partial charge is 1.00 e. The van der Waals surface area contributed by atoms with Crippen molar-refractivity contribution in [1.29, 1.82) is 0 Å². The van der Waals surface area contributed by atoms with Crippen LogP contribution in [0.5, 0.6) is 0 Å². The summed E-state index contributed by atoms with van der Waals surface area (Å²) in [6.45, 7) is 7.61. The summed E-state index contributed by atoms with van der Waals surface area (Å²) in [5.41, 5.74) is 0. The molecule has 2 rings (SSSR count). The molecule has 26 heavy (non-hydrogen) atoms. The molecule has 8 heteroatoms. The van der Waals surface area contributed by atoms with E-state index in [1.54, 1.807) is 0 Å². The van der Waals surface area contributed by atoms with Crippen LogP contribution in [0.3, 0.4) is 0 Å². The van der Waals surface area contributed by atoms with E-state index in [1.807, 2.05) is 9.80 Å². The van der Waals surface area contributed by atoms with Gasteiger partial charge in [0.15, 0.2) is 0 Å². The van der Waals surface area contributed by atoms with Gasteiger partial charge in [-0.3, -0.25) is 9.59 Å². The first-order chi connectivity index (χ1) is 11.2. The molecular formula is C18H36I2N4O2. The van der Waals surface area contributed by atoms with Gasteiger partial charge >= 0.3 is 0 Å². The fourth-order valence-corrected chi connectivity index (χ4v) is 3.38. The van der Waals surface area contributed by atoms with E-state index < -0.39 is 0 Å². The van der Waals surface area contributed by atoms with Crippen LogP contribution < -0.4 is 48.0 Å². The SMILES string of the molecule is C[N+]1(C)CCN(C(=O)CCCCC(=O)N2CC[N+](C)(C)CC2)CC1.[I-].[I-]. The van der Waals surface area contributed by atoms with Crippen molar-refractivity contribution >= 4 is 11.8 Å². The summed E-state index contributed by atoms with van der Waals surface area (Å²) in [7, 11) is 8.87. The quantitative estimate of drug-likeness (QED) is 0.181. The summed E-state index contributed by atoms with van der Waals surface area (Å²) in [5.74, 6) is 0.526. The minimum absolute atomic E-state index is 0. The summed E-state index contributed by atoms with van der Waals surface area (Å²) in [5, 5.41) is 0. The van der Waals surface area contributed by atoms with Gasteiger partial charge in [-0.1, -0.05) is 0 Å². The van der Waals surface area contributed by atoms with Gasteiger partial charge in [-0.05, 0) is 12.8 Å². The monoisotopic (exact) mass is 594 g/mol. The van der Waals surface area contributed by atoms with Crippen molar-refractivity contribution in [2.24, 2.45) is 0 Å². The second kappa shape index (κ2) is 11.4. The van der Waals surface area contributed by atoms with Gasteiger partial charge in [-0.25, -0.2) is 0 Å². The van der Waals surface area contributed by atoms with Crippen molar-refractivity contribution in [3.8, 4) is 0 Å². The number of likely N-dealkylation sites (N-methyl/N-ethyl adjacent to an activating group) is 2. The lowest BCUT2D eigenvalue weighted by Crippen LogP contribution is -3.00. The molecule has 0 unspecified atom stereocenters. The molecule has 2 fully saturated rings. The number of carbonyl (C=O) groups is 2. The molecule has 6 nitrogen and oxygen atoms in total. The number of nitrogens with zero attached hydrogens (tertiary/aromatic N) is 4. The number of carbonyl (C=O) groups excluding carboxylic acids is 2. The second-order valence-corrected chi connectivity index (χ2v) is 8.73. The van der Waals surface area contributed by atoms with Crippen LogP contribution in [0.2, 0.25) is 0 Å². The minimum atomic E-state index is 0. The van der Waals surface area contributed by atoms with E-state index in [1.165, 1.54) is 0 Å². The third-order valence-corrected chi connectivity index (χ3v) is 5.64. The molecule has 0 bridgehead atoms. The Hall–Kier alpha value is 0.320. The number of rotatable bonds is 5. The van der Waals surface area contributed by atoms with Gasteiger partial charge in [0.05, 0.1) is 80.5 Å². The van der Waals surface area contributed by atoms with Crippen molar-refractivity contribution in [3.63, 3.8) is 0 Å². The molecule has 2 amide bonds. The zero-order valence-corrected chi connectivity index (χ0v) is 21.2. The second-order valence-electron chi connectivity index (χ2n) is 8.73. The predicted octanol–water partition coefficient (Wildman–Crippen LogP) is -5.61. The number of amides is 2. The highest BCUT2D eigenvalue weighted by atomic mass is 127. The number of unbranched alkanes of at least 4 members (excludes halogenated alkanes) is 1. The average Bonchev–Trinajstić information content (AvgIpc) is 2.51. The molecule has 0 saturated carbocycles. The summed E-state index contributed by atoms with van der Waals surface area (Å²) >= 11 is 0. The molecule has 2 saturated heterocycles. The van der Waals surface area contributed by atoms with Gasteiger partial charge in [0, 0.05) is 12.8 Å². The molecule has 0 atom stereocenters. The number of halogens is 2. The molecule has 0 radical (unpaired) electrons. The Balaban J connectivity index is 0.00000312. The van der Waals surface area contributed by atoms with Crippen molar-refractivity contribution in [3.05, 3.63) is 0 Å². The number of hydrogen-bond donors (Lipinski definition) is 0. The van der Waals surface area contributed by atoms with Crippen LogP contribution >= 0.6 is 0 Å². The maximum Gasteiger partial charge on any atom is 0.222 e. The zero-order chi connectivity index (χ0) is 17.8. The Morgan fingerprint density at radius 2 is 0.923 bits per heavy atom. The number of hydrogen-bond acceptors (Lipinski definition) is 2. The Morgan fingerprint density at radius 3 is 1.19 bits per heavy atom. The van der Waals surface area contributed by atoms with E-state index in [2.05, 4.69) is 28.2 Å². The Bertz CT molecular complexity index is 410. The van der Waals surface area contributed by atoms with E-state index in [0.717, 1.165) is 74.2 Å². The highest BCUT2D eigenvalue weighted by molar-refractivity contribution is 5.77. The Labute approximate surface area is 193 Å². The predicted molar refractivity (Wildman–Crippen MR) is 95.3 cm³/mol. The van der Waals surface area contributed by atoms with Crippen LogP contribution in [0.15, 0.2) is 0 Å². The molecule has 2 heterocycles. The molecule has 0 aliphatic carbocycles. The molecule has 0 aromatic rings. The molecule has 0 aromatic carbocycles. The van der Waals surface area contributed by atoms with Gasteiger partial charge in [0.1, 0.15) is 0 Å². The molecule has 2 aliphatic rings. The van der Waals surface area contributed by atoms with E-state index >= 15 is 0 Å². The average molecular weight is 594 g/mol. The van der Waals surface area contributed by atoms with Crippen molar-refractivity contribution in [1.82, 2.24) is 9.80 Å². The van der Waals surface area contributed by atoms with E-state index in [0.29, 0.717) is 12.8 Å². The van der Waals surface area contributed by atoms with Gasteiger partial charge in [0.25, 0.3) is 0 Å². The first-order valence-electron chi connectivity index (χ1n) is 9.38. The van der Waals surface area contributed by atoms with E-state index in [-0.39, 0.29) is 59.8 Å². The van der Waals surface area contributed by atoms with Crippen molar-refractivity contribution in [2.75, 3.05) is 80.5 Å². The fraction of sp³-hybridized carbons (Fsp3) is 0.889. The first kappa shape index (κ1) is 26.3. The summed E-state index contributed by atoms with van der Waals surface area (Å²) in [6.07, 6.45) is 2.83. The maximum absolute atomic E-state index is 12.2. The van der Waals surface area contributed by atoms with Crippen LogP contribution in [0, 0.1) is 0 Å². The first-order valence-corrected chi connectivity index (χ1v) is 9.38. The fourth-order valence-electron chi connectivity index (χ4n) is 3.38. The van der Waals surface area contributed by atoms with E-state index in [4.69, 9.17) is 0 Å². The molecule has 0 N–H and O–H groups in total. The van der Waals surface area contributed by atoms with E-state index in [9.17, 15) is 9.59 Å². The van der Waals surface area contributed by atoms with Gasteiger partial charge < -0.3 is 66.7 Å². The summed E-state index contributed by atoms with van der Waals surface area (Å²) < 4.78 is 2.01. The highest BCUT2D eigenvalue weighted by Gasteiger charge is 2.28. The molecule has 0 aromatic heterocycles. The van der Waals surface area contributed by atoms with Gasteiger partial charge in [0.2, 0.25) is 11.8 Å². The Morgan fingerprint density at radius 1 is 0.654 bits per heavy atom. The highest BCUT2D eigenvalue weighted by Crippen LogP contribution is 2.12. The van der Waals surface area contributed by atoms with Crippen LogP contribution in [-0.2, 0) is 9.59 Å². The third-order valence-electron chi connectivity index (χ3n) is 5.64. The van der Waals surface area contributed by atoms with Crippen molar-refractivity contribution in [2.45, 2.75) is 25.7 Å². The zero-order valence-electron chi connectivity index (χ0n) is 16.8. The van der Waals surface area contributed by atoms with Crippen LogP contribution in [0.1, 0.15) is 25.7 Å². The van der Waals surface area contributed by atoms with Crippen molar-refractivity contribution < 1.29 is 66.5 Å². The molecule has 0 spiro atoms. The van der Waals surface area contributed by atoms with Crippen LogP contribution in [-0.4, -0.2) is 111 Å². The Kier molecular flexibility index (Phi) is 11.5. The number of piperazine rings is 2. The molecular weight excluding hydrogens is 558 g/mol. The smallest absolute Gasteiger partial charge is 0.222 e. The number of quaternary nitrogens is 2. The standard InChI is InChI=1S/C18H36N4O2.2HI/c1-21(2)13-9-19(10-14-21)17(23)7-5-6-8-18(24)20-11-15-22(3,4)16-12-20;;/h5-16H2,1-4H3;2*1H/q+2;;/p-2. The van der Waals surface area contributed by atoms with Gasteiger partial charge in [-0.2, -0.15) is 0 Å². The maximum atomic E-state index is 12.2. The molecule has 2 aliphatic heterocycles. The molecule has 154 valence electrons. The third kappa shape index (κ3) is 8.55. The van der Waals surface area contributed by atoms with Crippen LogP contribution in [0.4, 0.5) is 0 Å². The lowest BCUT2D eigenvalue weighted by Gasteiger charge is -2.39. The topological polar surface area (TPSA) is 40.6 Å².